The van der Waals surface area contributed by atoms with Gasteiger partial charge in [0, 0.05) is 16.8 Å². The molecule has 1 aliphatic heterocycles. The van der Waals surface area contributed by atoms with Crippen LogP contribution in [0.25, 0.3) is 0 Å². The second-order valence-corrected chi connectivity index (χ2v) is 8.30. The van der Waals surface area contributed by atoms with Gasteiger partial charge >= 0.3 is 0 Å². The van der Waals surface area contributed by atoms with E-state index in [1.165, 1.54) is 6.26 Å². The lowest BCUT2D eigenvalue weighted by molar-refractivity contribution is -0.135. The molecule has 1 aromatic carbocycles. The second-order valence-electron chi connectivity index (χ2n) is 7.89. The van der Waals surface area contributed by atoms with Gasteiger partial charge in [0.1, 0.15) is 6.04 Å². The van der Waals surface area contributed by atoms with E-state index in [9.17, 15) is 14.4 Å². The van der Waals surface area contributed by atoms with E-state index in [1.54, 1.807) is 29.2 Å². The van der Waals surface area contributed by atoms with E-state index in [0.717, 1.165) is 31.2 Å². The maximum absolute atomic E-state index is 13.2. The first-order valence-corrected chi connectivity index (χ1v) is 10.5. The van der Waals surface area contributed by atoms with Crippen LogP contribution < -0.4 is 10.6 Å². The van der Waals surface area contributed by atoms with Gasteiger partial charge in [-0.2, -0.15) is 0 Å². The Bertz CT molecular complexity index is 959. The number of piperazine rings is 1. The van der Waals surface area contributed by atoms with Gasteiger partial charge in [0.15, 0.2) is 5.76 Å². The highest BCUT2D eigenvalue weighted by Gasteiger charge is 2.46. The molecule has 0 spiro atoms. The number of halogens is 1. The third-order valence-electron chi connectivity index (χ3n) is 5.85. The van der Waals surface area contributed by atoms with Crippen LogP contribution in [0.1, 0.15) is 48.2 Å². The molecule has 7 nitrogen and oxygen atoms in total. The molecule has 1 saturated heterocycles. The summed E-state index contributed by atoms with van der Waals surface area (Å²) >= 11 is 6.13. The van der Waals surface area contributed by atoms with Crippen molar-refractivity contribution in [3.05, 3.63) is 52.9 Å². The monoisotopic (exact) mass is 429 g/mol. The number of anilines is 1. The minimum atomic E-state index is -0.900. The number of fused-ring (bicyclic) bond motifs is 1. The Hall–Kier alpha value is -2.80. The van der Waals surface area contributed by atoms with Gasteiger partial charge < -0.3 is 20.0 Å². The maximum atomic E-state index is 13.2. The summed E-state index contributed by atoms with van der Waals surface area (Å²) in [6.45, 7) is 1.87. The lowest BCUT2D eigenvalue weighted by Crippen LogP contribution is -2.68. The summed E-state index contributed by atoms with van der Waals surface area (Å²) in [5, 5.41) is 6.34. The Morgan fingerprint density at radius 2 is 2.07 bits per heavy atom. The zero-order valence-corrected chi connectivity index (χ0v) is 17.4. The molecule has 2 N–H and O–H groups in total. The number of carbonyl (C=O) groups is 3. The molecule has 3 amide bonds. The first kappa shape index (κ1) is 20.5. The number of amides is 3. The number of rotatable bonds is 4. The van der Waals surface area contributed by atoms with E-state index in [0.29, 0.717) is 10.7 Å². The number of carbonyl (C=O) groups excluding carboxylic acids is 3. The molecule has 0 bridgehead atoms. The standard InChI is InChI=1S/C22H24ClN3O4/c1-13-8-9-14(11-15(13)23)24-20(27)12-18-21(28)25-16-5-2-3-6-17(16)26(18)22(29)19-7-4-10-30-19/h4,7-11,16-18H,2-3,5-6,12H2,1H3,(H,24,27)(H,25,28)/t16-,17-,18+/m0/s1. The average Bonchev–Trinajstić information content (AvgIpc) is 3.26. The summed E-state index contributed by atoms with van der Waals surface area (Å²) in [7, 11) is 0. The molecule has 0 radical (unpaired) electrons. The van der Waals surface area contributed by atoms with E-state index in [1.807, 2.05) is 13.0 Å². The molecule has 1 saturated carbocycles. The Morgan fingerprint density at radius 3 is 2.80 bits per heavy atom. The van der Waals surface area contributed by atoms with Crippen LogP contribution in [0.5, 0.6) is 0 Å². The number of hydrogen-bond donors (Lipinski definition) is 2. The Labute approximate surface area is 179 Å². The smallest absolute Gasteiger partial charge is 0.290 e. The molecule has 2 fully saturated rings. The van der Waals surface area contributed by atoms with Gasteiger partial charge in [0.2, 0.25) is 11.8 Å². The summed E-state index contributed by atoms with van der Waals surface area (Å²) in [4.78, 5) is 40.4. The molecule has 2 aromatic rings. The highest BCUT2D eigenvalue weighted by Crippen LogP contribution is 2.31. The van der Waals surface area contributed by atoms with Crippen LogP contribution in [0.2, 0.25) is 5.02 Å². The molecule has 30 heavy (non-hydrogen) atoms. The van der Waals surface area contributed by atoms with Crippen molar-refractivity contribution in [3.8, 4) is 0 Å². The van der Waals surface area contributed by atoms with Crippen molar-refractivity contribution in [1.82, 2.24) is 10.2 Å². The quantitative estimate of drug-likeness (QED) is 0.777. The van der Waals surface area contributed by atoms with Crippen molar-refractivity contribution in [2.24, 2.45) is 0 Å². The molecular weight excluding hydrogens is 406 g/mol. The third-order valence-corrected chi connectivity index (χ3v) is 6.26. The van der Waals surface area contributed by atoms with Gasteiger partial charge in [-0.3, -0.25) is 14.4 Å². The van der Waals surface area contributed by atoms with Crippen LogP contribution in [0.15, 0.2) is 41.0 Å². The van der Waals surface area contributed by atoms with Gasteiger partial charge in [-0.05, 0) is 49.6 Å². The Balaban J connectivity index is 1.56. The number of hydrogen-bond acceptors (Lipinski definition) is 4. The summed E-state index contributed by atoms with van der Waals surface area (Å²) in [5.74, 6) is -0.857. The molecule has 1 aromatic heterocycles. The number of furan rings is 1. The fourth-order valence-corrected chi connectivity index (χ4v) is 4.50. The Kier molecular flexibility index (Phi) is 5.81. The Morgan fingerprint density at radius 1 is 1.27 bits per heavy atom. The van der Waals surface area contributed by atoms with Crippen LogP contribution in [0.3, 0.4) is 0 Å². The van der Waals surface area contributed by atoms with Gasteiger partial charge in [-0.15, -0.1) is 0 Å². The molecule has 1 aliphatic carbocycles. The number of aryl methyl sites for hydroxylation is 1. The van der Waals surface area contributed by atoms with Crippen LogP contribution in [0, 0.1) is 6.92 Å². The van der Waals surface area contributed by atoms with Crippen molar-refractivity contribution >= 4 is 35.0 Å². The van der Waals surface area contributed by atoms with E-state index in [4.69, 9.17) is 16.0 Å². The van der Waals surface area contributed by atoms with Gasteiger partial charge in [0.25, 0.3) is 5.91 Å². The number of nitrogens with zero attached hydrogens (tertiary/aromatic N) is 1. The zero-order valence-electron chi connectivity index (χ0n) is 16.7. The number of nitrogens with one attached hydrogen (secondary N) is 2. The molecule has 8 heteroatoms. The fourth-order valence-electron chi connectivity index (χ4n) is 4.32. The largest absolute Gasteiger partial charge is 0.459 e. The number of benzene rings is 1. The van der Waals surface area contributed by atoms with E-state index in [2.05, 4.69) is 10.6 Å². The topological polar surface area (TPSA) is 91.7 Å². The van der Waals surface area contributed by atoms with Gasteiger partial charge in [-0.1, -0.05) is 30.5 Å². The summed E-state index contributed by atoms with van der Waals surface area (Å²) in [6.07, 6.45) is 4.86. The van der Waals surface area contributed by atoms with Crippen molar-refractivity contribution < 1.29 is 18.8 Å². The minimum absolute atomic E-state index is 0.0969. The molecular formula is C22H24ClN3O4. The molecule has 158 valence electrons. The molecule has 2 heterocycles. The van der Waals surface area contributed by atoms with Crippen LogP contribution in [0.4, 0.5) is 5.69 Å². The highest BCUT2D eigenvalue weighted by molar-refractivity contribution is 6.31. The summed E-state index contributed by atoms with van der Waals surface area (Å²) in [5.41, 5.74) is 1.45. The van der Waals surface area contributed by atoms with Crippen molar-refractivity contribution in [1.29, 1.82) is 0 Å². The molecule has 4 rings (SSSR count). The summed E-state index contributed by atoms with van der Waals surface area (Å²) < 4.78 is 5.30. The maximum Gasteiger partial charge on any atom is 0.290 e. The van der Waals surface area contributed by atoms with Crippen LogP contribution in [-0.2, 0) is 9.59 Å². The predicted molar refractivity (Wildman–Crippen MR) is 112 cm³/mol. The van der Waals surface area contributed by atoms with Crippen LogP contribution in [-0.4, -0.2) is 40.7 Å². The highest BCUT2D eigenvalue weighted by atomic mass is 35.5. The lowest BCUT2D eigenvalue weighted by Gasteiger charge is -2.47. The molecule has 2 aliphatic rings. The minimum Gasteiger partial charge on any atom is -0.459 e. The van der Waals surface area contributed by atoms with E-state index >= 15 is 0 Å². The van der Waals surface area contributed by atoms with Gasteiger partial charge in [0.05, 0.1) is 18.7 Å². The second kappa shape index (κ2) is 8.52. The lowest BCUT2D eigenvalue weighted by atomic mass is 9.85. The van der Waals surface area contributed by atoms with Gasteiger partial charge in [-0.25, -0.2) is 0 Å². The normalized spacial score (nSPS) is 23.5. The summed E-state index contributed by atoms with van der Waals surface area (Å²) in [6, 6.07) is 7.30. The van der Waals surface area contributed by atoms with Crippen LogP contribution >= 0.6 is 11.6 Å². The average molecular weight is 430 g/mol. The fraction of sp³-hybridized carbons (Fsp3) is 0.409. The molecule has 0 unspecified atom stereocenters. The molecule has 3 atom stereocenters. The first-order chi connectivity index (χ1) is 14.4. The third kappa shape index (κ3) is 4.07. The van der Waals surface area contributed by atoms with Crippen molar-refractivity contribution in [3.63, 3.8) is 0 Å². The van der Waals surface area contributed by atoms with Crippen molar-refractivity contribution in [2.75, 3.05) is 5.32 Å². The van der Waals surface area contributed by atoms with E-state index < -0.39 is 6.04 Å². The first-order valence-electron chi connectivity index (χ1n) is 10.2. The zero-order chi connectivity index (χ0) is 21.3. The van der Waals surface area contributed by atoms with E-state index in [-0.39, 0.29) is 42.0 Å². The van der Waals surface area contributed by atoms with Crippen molar-refractivity contribution in [2.45, 2.75) is 57.2 Å². The SMILES string of the molecule is Cc1ccc(NC(=O)C[C@@H]2C(=O)N[C@H]3CCCC[C@@H]3N2C(=O)c2ccco2)cc1Cl. The predicted octanol–water partition coefficient (Wildman–Crippen LogP) is 3.52.